The van der Waals surface area contributed by atoms with Crippen LogP contribution in [0.15, 0.2) is 27.8 Å². The van der Waals surface area contributed by atoms with Gasteiger partial charge in [0.15, 0.2) is 5.96 Å². The number of hydrogen-bond donors (Lipinski definition) is 2. The normalized spacial score (nSPS) is 16.8. The van der Waals surface area contributed by atoms with Gasteiger partial charge in [0.1, 0.15) is 5.76 Å². The monoisotopic (exact) mass is 492 g/mol. The average molecular weight is 492 g/mol. The van der Waals surface area contributed by atoms with Gasteiger partial charge in [-0.25, -0.2) is 0 Å². The molecule has 1 aromatic rings. The zero-order valence-corrected chi connectivity index (χ0v) is 19.4. The Hall–Kier alpha value is -0.800. The minimum Gasteiger partial charge on any atom is -0.469 e. The Bertz CT molecular complexity index is 502. The van der Waals surface area contributed by atoms with Crippen LogP contribution in [0.1, 0.15) is 39.4 Å². The van der Waals surface area contributed by atoms with Gasteiger partial charge in [0.05, 0.1) is 26.0 Å². The van der Waals surface area contributed by atoms with E-state index in [1.54, 1.807) is 6.26 Å². The smallest absolute Gasteiger partial charge is 0.191 e. The second-order valence-corrected chi connectivity index (χ2v) is 7.30. The van der Waals surface area contributed by atoms with Crippen LogP contribution in [0.5, 0.6) is 0 Å². The van der Waals surface area contributed by atoms with Gasteiger partial charge >= 0.3 is 0 Å². The third kappa shape index (κ3) is 9.80. The molecule has 0 amide bonds. The lowest BCUT2D eigenvalue weighted by Gasteiger charge is -2.34. The fraction of sp³-hybridized carbons (Fsp3) is 0.750. The first kappa shape index (κ1) is 24.2. The standard InChI is InChI=1S/C20H36N4O2.HI/c1-4-8-21-20(22-9-7-19-6-5-12-26-19)23-16-18(15-17(2)3)24-10-13-25-14-11-24;/h5-6,12,17-18H,4,7-11,13-16H2,1-3H3,(H2,21,22,23);1H. The Kier molecular flexibility index (Phi) is 12.8. The van der Waals surface area contributed by atoms with Gasteiger partial charge in [0.2, 0.25) is 0 Å². The fourth-order valence-electron chi connectivity index (χ4n) is 3.20. The number of guanidine groups is 1. The molecule has 7 heteroatoms. The van der Waals surface area contributed by atoms with E-state index < -0.39 is 0 Å². The molecule has 1 unspecified atom stereocenters. The summed E-state index contributed by atoms with van der Waals surface area (Å²) in [5, 5.41) is 6.87. The lowest BCUT2D eigenvalue weighted by atomic mass is 10.0. The molecule has 2 heterocycles. The van der Waals surface area contributed by atoms with Crippen LogP contribution in [0.4, 0.5) is 0 Å². The average Bonchev–Trinajstić information content (AvgIpc) is 3.16. The van der Waals surface area contributed by atoms with Crippen LogP contribution in [-0.4, -0.2) is 62.8 Å². The maximum absolute atomic E-state index is 5.51. The van der Waals surface area contributed by atoms with Crippen molar-refractivity contribution in [3.63, 3.8) is 0 Å². The molecule has 0 bridgehead atoms. The van der Waals surface area contributed by atoms with Crippen LogP contribution in [0.2, 0.25) is 0 Å². The van der Waals surface area contributed by atoms with E-state index in [4.69, 9.17) is 14.1 Å². The lowest BCUT2D eigenvalue weighted by molar-refractivity contribution is 0.0143. The molecule has 1 aliphatic rings. The van der Waals surface area contributed by atoms with Crippen LogP contribution in [0.25, 0.3) is 0 Å². The zero-order valence-electron chi connectivity index (χ0n) is 17.1. The van der Waals surface area contributed by atoms with E-state index in [9.17, 15) is 0 Å². The summed E-state index contributed by atoms with van der Waals surface area (Å²) in [5.74, 6) is 2.57. The Morgan fingerprint density at radius 1 is 1.22 bits per heavy atom. The van der Waals surface area contributed by atoms with Crippen molar-refractivity contribution in [1.29, 1.82) is 0 Å². The third-order valence-electron chi connectivity index (χ3n) is 4.55. The van der Waals surface area contributed by atoms with E-state index in [1.165, 1.54) is 0 Å². The highest BCUT2D eigenvalue weighted by atomic mass is 127. The van der Waals surface area contributed by atoms with Gasteiger partial charge in [-0.2, -0.15) is 0 Å². The topological polar surface area (TPSA) is 62.0 Å². The molecular weight excluding hydrogens is 455 g/mol. The number of ether oxygens (including phenoxy) is 1. The highest BCUT2D eigenvalue weighted by Gasteiger charge is 2.21. The van der Waals surface area contributed by atoms with Crippen molar-refractivity contribution >= 4 is 29.9 Å². The highest BCUT2D eigenvalue weighted by molar-refractivity contribution is 14.0. The maximum atomic E-state index is 5.51. The zero-order chi connectivity index (χ0) is 18.6. The van der Waals surface area contributed by atoms with Gasteiger partial charge in [-0.05, 0) is 30.9 Å². The number of hydrogen-bond acceptors (Lipinski definition) is 4. The molecule has 2 N–H and O–H groups in total. The van der Waals surface area contributed by atoms with E-state index in [2.05, 4.69) is 36.3 Å². The van der Waals surface area contributed by atoms with Gasteiger partial charge in [-0.1, -0.05) is 20.8 Å². The molecule has 1 atom stereocenters. The van der Waals surface area contributed by atoms with Gasteiger partial charge in [0.25, 0.3) is 0 Å². The molecule has 0 saturated carbocycles. The maximum Gasteiger partial charge on any atom is 0.191 e. The quantitative estimate of drug-likeness (QED) is 0.299. The molecule has 1 fully saturated rings. The van der Waals surface area contributed by atoms with Crippen LogP contribution in [0, 0.1) is 5.92 Å². The summed E-state index contributed by atoms with van der Waals surface area (Å²) in [6.45, 7) is 13.0. The van der Waals surface area contributed by atoms with E-state index in [0.717, 1.165) is 76.9 Å². The number of furan rings is 1. The van der Waals surface area contributed by atoms with Crippen LogP contribution in [-0.2, 0) is 11.2 Å². The summed E-state index contributed by atoms with van der Waals surface area (Å²) in [6.07, 6.45) is 4.83. The van der Waals surface area contributed by atoms with E-state index in [-0.39, 0.29) is 24.0 Å². The first-order valence-corrected chi connectivity index (χ1v) is 10.1. The number of halogens is 1. The lowest BCUT2D eigenvalue weighted by Crippen LogP contribution is -2.46. The van der Waals surface area contributed by atoms with E-state index >= 15 is 0 Å². The molecular formula is C20H37IN4O2. The van der Waals surface area contributed by atoms with E-state index in [0.29, 0.717) is 12.0 Å². The number of morpholine rings is 1. The summed E-state index contributed by atoms with van der Waals surface area (Å²) >= 11 is 0. The number of nitrogens with zero attached hydrogens (tertiary/aromatic N) is 2. The van der Waals surface area contributed by atoms with Crippen LogP contribution >= 0.6 is 24.0 Å². The Labute approximate surface area is 181 Å². The van der Waals surface area contributed by atoms with Gasteiger partial charge in [-0.3, -0.25) is 9.89 Å². The minimum absolute atomic E-state index is 0. The second kappa shape index (κ2) is 14.2. The first-order chi connectivity index (χ1) is 12.7. The van der Waals surface area contributed by atoms with E-state index in [1.807, 2.05) is 12.1 Å². The molecule has 27 heavy (non-hydrogen) atoms. The SMILES string of the molecule is CCCNC(=NCC(CC(C)C)N1CCOCC1)NCCc1ccco1.I. The number of nitrogens with one attached hydrogen (secondary N) is 2. The molecule has 0 aromatic carbocycles. The predicted octanol–water partition coefficient (Wildman–Crippen LogP) is 3.13. The molecule has 0 spiro atoms. The van der Waals surface area contributed by atoms with Crippen LogP contribution < -0.4 is 10.6 Å². The van der Waals surface area contributed by atoms with Crippen molar-refractivity contribution in [1.82, 2.24) is 15.5 Å². The Morgan fingerprint density at radius 3 is 2.59 bits per heavy atom. The molecule has 1 saturated heterocycles. The van der Waals surface area contributed by atoms with Crippen molar-refractivity contribution in [2.75, 3.05) is 45.9 Å². The van der Waals surface area contributed by atoms with Gasteiger partial charge in [-0.15, -0.1) is 24.0 Å². The molecule has 0 aliphatic carbocycles. The summed E-state index contributed by atoms with van der Waals surface area (Å²) in [7, 11) is 0. The predicted molar refractivity (Wildman–Crippen MR) is 122 cm³/mol. The molecule has 6 nitrogen and oxygen atoms in total. The van der Waals surface area contributed by atoms with Crippen LogP contribution in [0.3, 0.4) is 0 Å². The van der Waals surface area contributed by atoms with Crippen molar-refractivity contribution < 1.29 is 9.15 Å². The number of rotatable bonds is 10. The Balaban J connectivity index is 0.00000364. The molecule has 2 rings (SSSR count). The largest absolute Gasteiger partial charge is 0.469 e. The van der Waals surface area contributed by atoms with Crippen molar-refractivity contribution in [2.24, 2.45) is 10.9 Å². The van der Waals surface area contributed by atoms with Gasteiger partial charge in [0, 0.05) is 38.6 Å². The van der Waals surface area contributed by atoms with Crippen molar-refractivity contribution in [2.45, 2.75) is 46.1 Å². The number of aliphatic imine (C=N–C) groups is 1. The highest BCUT2D eigenvalue weighted by Crippen LogP contribution is 2.14. The third-order valence-corrected chi connectivity index (χ3v) is 4.55. The molecule has 1 aliphatic heterocycles. The Morgan fingerprint density at radius 2 is 1.96 bits per heavy atom. The summed E-state index contributed by atoms with van der Waals surface area (Å²) in [6, 6.07) is 4.41. The van der Waals surface area contributed by atoms with Crippen molar-refractivity contribution in [3.8, 4) is 0 Å². The fourth-order valence-corrected chi connectivity index (χ4v) is 3.20. The molecule has 156 valence electrons. The summed E-state index contributed by atoms with van der Waals surface area (Å²) in [5.41, 5.74) is 0. The molecule has 0 radical (unpaired) electrons. The van der Waals surface area contributed by atoms with Gasteiger partial charge < -0.3 is 19.8 Å². The minimum atomic E-state index is 0. The van der Waals surface area contributed by atoms with Crippen molar-refractivity contribution in [3.05, 3.63) is 24.2 Å². The molecule has 1 aromatic heterocycles. The summed E-state index contributed by atoms with van der Waals surface area (Å²) < 4.78 is 10.9. The second-order valence-electron chi connectivity index (χ2n) is 7.30. The summed E-state index contributed by atoms with van der Waals surface area (Å²) in [4.78, 5) is 7.43. The first-order valence-electron chi connectivity index (χ1n) is 10.1.